The lowest BCUT2D eigenvalue weighted by atomic mass is 9.62. The van der Waals surface area contributed by atoms with Crippen molar-refractivity contribution >= 4 is 11.8 Å². The van der Waals surface area contributed by atoms with E-state index in [1.165, 1.54) is 0 Å². The molecule has 4 nitrogen and oxygen atoms in total. The van der Waals surface area contributed by atoms with Crippen LogP contribution in [0.5, 0.6) is 0 Å². The molecule has 0 aliphatic carbocycles. The first-order valence-corrected chi connectivity index (χ1v) is 6.16. The van der Waals surface area contributed by atoms with Gasteiger partial charge in [-0.25, -0.2) is 4.79 Å². The predicted molar refractivity (Wildman–Crippen MR) is 67.8 cm³/mol. The number of nitrogens with one attached hydrogen (secondary N) is 2. The second-order valence-corrected chi connectivity index (χ2v) is 6.28. The maximum atomic E-state index is 11.7. The molecular formula is C13H24N2O2. The van der Waals surface area contributed by atoms with Gasteiger partial charge in [0.05, 0.1) is 6.04 Å². The summed E-state index contributed by atoms with van der Waals surface area (Å²) in [7, 11) is 0. The van der Waals surface area contributed by atoms with Crippen LogP contribution in [-0.2, 0) is 4.79 Å². The van der Waals surface area contributed by atoms with Crippen molar-refractivity contribution in [3.05, 3.63) is 0 Å². The fourth-order valence-electron chi connectivity index (χ4n) is 2.15. The normalized spacial score (nSPS) is 25.4. The molecule has 98 valence electrons. The van der Waals surface area contributed by atoms with E-state index in [1.54, 1.807) is 6.92 Å². The maximum Gasteiger partial charge on any atom is 0.315 e. The van der Waals surface area contributed by atoms with Crippen molar-refractivity contribution < 1.29 is 9.59 Å². The smallest absolute Gasteiger partial charge is 0.315 e. The van der Waals surface area contributed by atoms with E-state index in [4.69, 9.17) is 0 Å². The molecule has 0 aromatic heterocycles. The van der Waals surface area contributed by atoms with Crippen molar-refractivity contribution in [3.8, 4) is 0 Å². The van der Waals surface area contributed by atoms with Gasteiger partial charge in [0.2, 0.25) is 0 Å². The van der Waals surface area contributed by atoms with E-state index in [0.717, 1.165) is 6.42 Å². The molecule has 2 amide bonds. The third kappa shape index (κ3) is 2.61. The van der Waals surface area contributed by atoms with E-state index in [9.17, 15) is 9.59 Å². The number of urea groups is 1. The molecular weight excluding hydrogens is 216 g/mol. The Morgan fingerprint density at radius 3 is 2.12 bits per heavy atom. The van der Waals surface area contributed by atoms with Crippen LogP contribution in [0.25, 0.3) is 0 Å². The minimum Gasteiger partial charge on any atom is -0.334 e. The number of rotatable bonds is 4. The van der Waals surface area contributed by atoms with Gasteiger partial charge < -0.3 is 10.6 Å². The molecule has 0 saturated carbocycles. The quantitative estimate of drug-likeness (QED) is 0.790. The molecule has 4 heteroatoms. The Balaban J connectivity index is 2.79. The van der Waals surface area contributed by atoms with Crippen LogP contribution in [0.1, 0.15) is 48.0 Å². The summed E-state index contributed by atoms with van der Waals surface area (Å²) < 4.78 is 0. The first kappa shape index (κ1) is 14.0. The van der Waals surface area contributed by atoms with Crippen molar-refractivity contribution in [2.45, 2.75) is 60.0 Å². The Morgan fingerprint density at radius 2 is 1.76 bits per heavy atom. The number of Topliss-reactive ketones (excluding diaryl/α,β-unsaturated/α-hetero) is 1. The van der Waals surface area contributed by atoms with Crippen molar-refractivity contribution in [1.29, 1.82) is 0 Å². The Labute approximate surface area is 104 Å². The minimum absolute atomic E-state index is 0.0936. The third-order valence-corrected chi connectivity index (χ3v) is 4.58. The second kappa shape index (κ2) is 4.31. The SMILES string of the molecule is CC(=O)C(C)(C)C(C)(C)CC1NC(=O)NC1C. The highest BCUT2D eigenvalue weighted by molar-refractivity contribution is 5.82. The summed E-state index contributed by atoms with van der Waals surface area (Å²) in [4.78, 5) is 23.0. The first-order valence-electron chi connectivity index (χ1n) is 6.16. The average molecular weight is 240 g/mol. The fourth-order valence-corrected chi connectivity index (χ4v) is 2.15. The van der Waals surface area contributed by atoms with Gasteiger partial charge in [-0.2, -0.15) is 0 Å². The molecule has 2 atom stereocenters. The molecule has 2 unspecified atom stereocenters. The molecule has 1 rings (SSSR count). The van der Waals surface area contributed by atoms with E-state index >= 15 is 0 Å². The molecule has 0 spiro atoms. The van der Waals surface area contributed by atoms with Gasteiger partial charge in [-0.1, -0.05) is 27.7 Å². The predicted octanol–water partition coefficient (Wildman–Crippen LogP) is 2.09. The van der Waals surface area contributed by atoms with Crippen LogP contribution in [0.4, 0.5) is 4.79 Å². The highest BCUT2D eigenvalue weighted by atomic mass is 16.2. The third-order valence-electron chi connectivity index (χ3n) is 4.58. The standard InChI is InChI=1S/C13H24N2O2/c1-8-10(15-11(17)14-8)7-12(3,4)13(5,6)9(2)16/h8,10H,7H2,1-6H3,(H2,14,15,17). The van der Waals surface area contributed by atoms with Gasteiger partial charge in [0.25, 0.3) is 0 Å². The van der Waals surface area contributed by atoms with Gasteiger partial charge in [-0.15, -0.1) is 0 Å². The summed E-state index contributed by atoms with van der Waals surface area (Å²) in [5, 5.41) is 5.74. The Morgan fingerprint density at radius 1 is 1.24 bits per heavy atom. The zero-order valence-corrected chi connectivity index (χ0v) is 11.7. The van der Waals surface area contributed by atoms with Crippen LogP contribution >= 0.6 is 0 Å². The summed E-state index contributed by atoms with van der Waals surface area (Å²) in [5.74, 6) is 0.187. The van der Waals surface area contributed by atoms with Gasteiger partial charge >= 0.3 is 6.03 Å². The molecule has 0 aromatic rings. The van der Waals surface area contributed by atoms with Gasteiger partial charge in [0.1, 0.15) is 5.78 Å². The number of carbonyl (C=O) groups is 2. The van der Waals surface area contributed by atoms with Crippen LogP contribution in [0, 0.1) is 10.8 Å². The molecule has 2 N–H and O–H groups in total. The number of carbonyl (C=O) groups excluding carboxylic acids is 2. The number of ketones is 1. The van der Waals surface area contributed by atoms with Crippen LogP contribution in [-0.4, -0.2) is 23.9 Å². The lowest BCUT2D eigenvalue weighted by molar-refractivity contribution is -0.131. The number of amides is 2. The van der Waals surface area contributed by atoms with Crippen LogP contribution in [0.2, 0.25) is 0 Å². The van der Waals surface area contributed by atoms with Crippen LogP contribution in [0.15, 0.2) is 0 Å². The molecule has 1 heterocycles. The van der Waals surface area contributed by atoms with Gasteiger partial charge in [-0.05, 0) is 25.7 Å². The van der Waals surface area contributed by atoms with Gasteiger partial charge in [-0.3, -0.25) is 4.79 Å². The van der Waals surface area contributed by atoms with Crippen molar-refractivity contribution in [1.82, 2.24) is 10.6 Å². The van der Waals surface area contributed by atoms with E-state index in [-0.39, 0.29) is 34.7 Å². The molecule has 0 bridgehead atoms. The monoisotopic (exact) mass is 240 g/mol. The highest BCUT2D eigenvalue weighted by Gasteiger charge is 2.44. The molecule has 1 aliphatic heterocycles. The van der Waals surface area contributed by atoms with Gasteiger partial charge in [0, 0.05) is 11.5 Å². The van der Waals surface area contributed by atoms with E-state index in [2.05, 4.69) is 24.5 Å². The lowest BCUT2D eigenvalue weighted by Gasteiger charge is -2.41. The topological polar surface area (TPSA) is 58.2 Å². The van der Waals surface area contributed by atoms with Crippen molar-refractivity contribution in [3.63, 3.8) is 0 Å². The van der Waals surface area contributed by atoms with Crippen LogP contribution in [0.3, 0.4) is 0 Å². The molecule has 0 radical (unpaired) electrons. The fraction of sp³-hybridized carbons (Fsp3) is 0.846. The zero-order chi connectivity index (χ0) is 13.4. The Bertz CT molecular complexity index is 334. The Kier molecular flexibility index (Phi) is 3.55. The lowest BCUT2D eigenvalue weighted by Crippen LogP contribution is -2.44. The summed E-state index contributed by atoms with van der Waals surface area (Å²) >= 11 is 0. The zero-order valence-electron chi connectivity index (χ0n) is 11.7. The number of hydrogen-bond donors (Lipinski definition) is 2. The average Bonchev–Trinajstić information content (AvgIpc) is 2.43. The van der Waals surface area contributed by atoms with E-state index < -0.39 is 0 Å². The summed E-state index contributed by atoms with van der Waals surface area (Å²) in [6.07, 6.45) is 0.791. The minimum atomic E-state index is -0.389. The van der Waals surface area contributed by atoms with Crippen LogP contribution < -0.4 is 10.6 Å². The summed E-state index contributed by atoms with van der Waals surface area (Å²) in [6, 6.07) is 0.0968. The Hall–Kier alpha value is -1.06. The molecule has 0 aromatic carbocycles. The molecule has 1 saturated heterocycles. The molecule has 17 heavy (non-hydrogen) atoms. The van der Waals surface area contributed by atoms with E-state index in [0.29, 0.717) is 0 Å². The first-order chi connectivity index (χ1) is 7.58. The largest absolute Gasteiger partial charge is 0.334 e. The highest BCUT2D eigenvalue weighted by Crippen LogP contribution is 2.43. The second-order valence-electron chi connectivity index (χ2n) is 6.28. The molecule has 1 aliphatic rings. The molecule has 1 fully saturated rings. The van der Waals surface area contributed by atoms with Crippen molar-refractivity contribution in [2.75, 3.05) is 0 Å². The maximum absolute atomic E-state index is 11.7. The van der Waals surface area contributed by atoms with E-state index in [1.807, 2.05) is 20.8 Å². The summed E-state index contributed by atoms with van der Waals surface area (Å²) in [5.41, 5.74) is -0.545. The number of hydrogen-bond acceptors (Lipinski definition) is 2. The van der Waals surface area contributed by atoms with Crippen molar-refractivity contribution in [2.24, 2.45) is 10.8 Å². The summed E-state index contributed by atoms with van der Waals surface area (Å²) in [6.45, 7) is 11.8. The van der Waals surface area contributed by atoms with Gasteiger partial charge in [0.15, 0.2) is 0 Å².